The highest BCUT2D eigenvalue weighted by atomic mass is 35.5. The van der Waals surface area contributed by atoms with Gasteiger partial charge in [-0.05, 0) is 48.9 Å². The SMILES string of the molecule is CNC1CCN(S(=O)(=O)c2ccc(-c3ccc(Cl)cc3)cc2)C1. The zero-order valence-electron chi connectivity index (χ0n) is 12.9. The summed E-state index contributed by atoms with van der Waals surface area (Å²) in [6.07, 6.45) is 0.846. The molecule has 1 unspecified atom stereocenters. The molecule has 2 aromatic rings. The molecule has 4 nitrogen and oxygen atoms in total. The molecule has 0 bridgehead atoms. The molecule has 0 amide bonds. The van der Waals surface area contributed by atoms with Gasteiger partial charge < -0.3 is 5.32 Å². The van der Waals surface area contributed by atoms with E-state index in [1.54, 1.807) is 16.4 Å². The monoisotopic (exact) mass is 350 g/mol. The minimum atomic E-state index is -3.42. The van der Waals surface area contributed by atoms with E-state index in [-0.39, 0.29) is 6.04 Å². The van der Waals surface area contributed by atoms with Gasteiger partial charge in [-0.1, -0.05) is 35.9 Å². The first-order valence-electron chi connectivity index (χ1n) is 7.54. The topological polar surface area (TPSA) is 49.4 Å². The third-order valence-corrected chi connectivity index (χ3v) is 6.36. The third kappa shape index (κ3) is 3.43. The Balaban J connectivity index is 1.83. The second kappa shape index (κ2) is 6.61. The predicted molar refractivity (Wildman–Crippen MR) is 93.1 cm³/mol. The first-order valence-corrected chi connectivity index (χ1v) is 9.36. The zero-order valence-corrected chi connectivity index (χ0v) is 14.4. The van der Waals surface area contributed by atoms with E-state index < -0.39 is 10.0 Å². The van der Waals surface area contributed by atoms with Crippen molar-refractivity contribution in [3.05, 3.63) is 53.6 Å². The molecule has 0 spiro atoms. The first-order chi connectivity index (χ1) is 11.0. The molecule has 2 aromatic carbocycles. The Morgan fingerprint density at radius 3 is 2.13 bits per heavy atom. The van der Waals surface area contributed by atoms with E-state index in [9.17, 15) is 8.42 Å². The van der Waals surface area contributed by atoms with Gasteiger partial charge in [0.15, 0.2) is 0 Å². The lowest BCUT2D eigenvalue weighted by molar-refractivity contribution is 0.464. The van der Waals surface area contributed by atoms with Gasteiger partial charge in [-0.25, -0.2) is 8.42 Å². The summed E-state index contributed by atoms with van der Waals surface area (Å²) < 4.78 is 26.9. The van der Waals surface area contributed by atoms with Crippen LogP contribution < -0.4 is 5.32 Å². The van der Waals surface area contributed by atoms with Crippen LogP contribution in [0, 0.1) is 0 Å². The van der Waals surface area contributed by atoms with Gasteiger partial charge in [-0.3, -0.25) is 0 Å². The van der Waals surface area contributed by atoms with Crippen LogP contribution in [0.5, 0.6) is 0 Å². The minimum Gasteiger partial charge on any atom is -0.316 e. The molecule has 0 saturated carbocycles. The third-order valence-electron chi connectivity index (χ3n) is 4.23. The summed E-state index contributed by atoms with van der Waals surface area (Å²) in [6, 6.07) is 14.7. The Bertz CT molecular complexity index is 773. The summed E-state index contributed by atoms with van der Waals surface area (Å²) in [5.41, 5.74) is 1.98. The lowest BCUT2D eigenvalue weighted by atomic mass is 10.1. The zero-order chi connectivity index (χ0) is 16.4. The van der Waals surface area contributed by atoms with Crippen molar-refractivity contribution >= 4 is 21.6 Å². The number of nitrogens with zero attached hydrogens (tertiary/aromatic N) is 1. The summed E-state index contributed by atoms with van der Waals surface area (Å²) in [4.78, 5) is 0.340. The van der Waals surface area contributed by atoms with Gasteiger partial charge in [-0.2, -0.15) is 4.31 Å². The van der Waals surface area contributed by atoms with E-state index >= 15 is 0 Å². The highest BCUT2D eigenvalue weighted by Crippen LogP contribution is 2.25. The first kappa shape index (κ1) is 16.5. The quantitative estimate of drug-likeness (QED) is 0.922. The Kier molecular flexibility index (Phi) is 4.73. The number of hydrogen-bond donors (Lipinski definition) is 1. The number of nitrogens with one attached hydrogen (secondary N) is 1. The van der Waals surface area contributed by atoms with E-state index in [1.165, 1.54) is 0 Å². The Morgan fingerprint density at radius 2 is 1.61 bits per heavy atom. The predicted octanol–water partition coefficient (Wildman–Crippen LogP) is 2.99. The molecule has 122 valence electrons. The number of rotatable bonds is 4. The maximum Gasteiger partial charge on any atom is 0.243 e. The van der Waals surface area contributed by atoms with Gasteiger partial charge in [-0.15, -0.1) is 0 Å². The molecule has 1 heterocycles. The van der Waals surface area contributed by atoms with E-state index in [1.807, 2.05) is 43.4 Å². The molecular weight excluding hydrogens is 332 g/mol. The van der Waals surface area contributed by atoms with Crippen LogP contribution in [-0.4, -0.2) is 38.9 Å². The highest BCUT2D eigenvalue weighted by Gasteiger charge is 2.31. The maximum absolute atomic E-state index is 12.7. The molecule has 1 atom stereocenters. The molecule has 6 heteroatoms. The normalized spacial score (nSPS) is 19.1. The van der Waals surface area contributed by atoms with Crippen LogP contribution in [0.15, 0.2) is 53.4 Å². The van der Waals surface area contributed by atoms with Crippen molar-refractivity contribution in [3.8, 4) is 11.1 Å². The molecule has 0 aromatic heterocycles. The largest absolute Gasteiger partial charge is 0.316 e. The van der Waals surface area contributed by atoms with Crippen molar-refractivity contribution in [2.45, 2.75) is 17.4 Å². The number of likely N-dealkylation sites (N-methyl/N-ethyl adjacent to an activating group) is 1. The second-order valence-corrected chi connectivity index (χ2v) is 8.04. The molecule has 1 saturated heterocycles. The summed E-state index contributed by atoms with van der Waals surface area (Å²) >= 11 is 5.89. The smallest absolute Gasteiger partial charge is 0.243 e. The lowest BCUT2D eigenvalue weighted by Gasteiger charge is -2.16. The summed E-state index contributed by atoms with van der Waals surface area (Å²) in [7, 11) is -1.55. The molecule has 1 aliphatic rings. The summed E-state index contributed by atoms with van der Waals surface area (Å²) in [6.45, 7) is 1.09. The number of sulfonamides is 1. The van der Waals surface area contributed by atoms with E-state index in [2.05, 4.69) is 5.32 Å². The van der Waals surface area contributed by atoms with Crippen molar-refractivity contribution in [2.24, 2.45) is 0 Å². The van der Waals surface area contributed by atoms with Crippen LogP contribution in [-0.2, 0) is 10.0 Å². The standard InChI is InChI=1S/C17H19ClN2O2S/c1-19-16-10-11-20(12-16)23(21,22)17-8-4-14(5-9-17)13-2-6-15(18)7-3-13/h2-9,16,19H,10-12H2,1H3. The van der Waals surface area contributed by atoms with Gasteiger partial charge >= 0.3 is 0 Å². The van der Waals surface area contributed by atoms with E-state index in [4.69, 9.17) is 11.6 Å². The van der Waals surface area contributed by atoms with Crippen LogP contribution in [0.3, 0.4) is 0 Å². The van der Waals surface area contributed by atoms with Crippen LogP contribution in [0.4, 0.5) is 0 Å². The highest BCUT2D eigenvalue weighted by molar-refractivity contribution is 7.89. The van der Waals surface area contributed by atoms with Gasteiger partial charge in [0.25, 0.3) is 0 Å². The van der Waals surface area contributed by atoms with Crippen molar-refractivity contribution in [1.29, 1.82) is 0 Å². The van der Waals surface area contributed by atoms with Gasteiger partial charge in [0.2, 0.25) is 10.0 Å². The van der Waals surface area contributed by atoms with Gasteiger partial charge in [0.1, 0.15) is 0 Å². The fraction of sp³-hybridized carbons (Fsp3) is 0.294. The van der Waals surface area contributed by atoms with Crippen molar-refractivity contribution in [3.63, 3.8) is 0 Å². The molecule has 23 heavy (non-hydrogen) atoms. The van der Waals surface area contributed by atoms with Gasteiger partial charge in [0.05, 0.1) is 4.90 Å². The fourth-order valence-corrected chi connectivity index (χ4v) is 4.42. The number of benzene rings is 2. The Morgan fingerprint density at radius 1 is 1.04 bits per heavy atom. The van der Waals surface area contributed by atoms with Crippen molar-refractivity contribution < 1.29 is 8.42 Å². The molecule has 1 fully saturated rings. The summed E-state index contributed by atoms with van der Waals surface area (Å²) in [5.74, 6) is 0. The van der Waals surface area contributed by atoms with Crippen LogP contribution in [0.25, 0.3) is 11.1 Å². The maximum atomic E-state index is 12.7. The Hall–Kier alpha value is -1.40. The second-order valence-electron chi connectivity index (χ2n) is 5.67. The minimum absolute atomic E-state index is 0.234. The van der Waals surface area contributed by atoms with Crippen molar-refractivity contribution in [1.82, 2.24) is 9.62 Å². The van der Waals surface area contributed by atoms with Crippen LogP contribution in [0.2, 0.25) is 5.02 Å². The molecule has 0 aliphatic carbocycles. The van der Waals surface area contributed by atoms with Gasteiger partial charge in [0, 0.05) is 24.2 Å². The molecule has 0 radical (unpaired) electrons. The average molecular weight is 351 g/mol. The van der Waals surface area contributed by atoms with Crippen molar-refractivity contribution in [2.75, 3.05) is 20.1 Å². The molecule has 3 rings (SSSR count). The van der Waals surface area contributed by atoms with Crippen LogP contribution >= 0.6 is 11.6 Å². The molecule has 1 N–H and O–H groups in total. The average Bonchev–Trinajstić information content (AvgIpc) is 3.06. The summed E-state index contributed by atoms with van der Waals surface area (Å²) in [5, 5.41) is 3.82. The van der Waals surface area contributed by atoms with Crippen LogP contribution in [0.1, 0.15) is 6.42 Å². The molecule has 1 aliphatic heterocycles. The lowest BCUT2D eigenvalue weighted by Crippen LogP contribution is -2.33. The molecular formula is C17H19ClN2O2S. The Labute approximate surface area is 142 Å². The van der Waals surface area contributed by atoms with E-state index in [0.29, 0.717) is 23.0 Å². The number of hydrogen-bond acceptors (Lipinski definition) is 3. The fourth-order valence-electron chi connectivity index (χ4n) is 2.79. The number of halogens is 1. The van der Waals surface area contributed by atoms with E-state index in [0.717, 1.165) is 17.5 Å².